The molecule has 0 spiro atoms. The number of hydrazone groups is 1. The van der Waals surface area contributed by atoms with Gasteiger partial charge in [-0.25, -0.2) is 9.82 Å². The van der Waals surface area contributed by atoms with Crippen LogP contribution in [-0.2, 0) is 4.79 Å². The van der Waals surface area contributed by atoms with Crippen LogP contribution in [0.15, 0.2) is 41.5 Å². The maximum Gasteiger partial charge on any atom is 0.262 e. The number of fused-ring (bicyclic) bond motifs is 3. The highest BCUT2D eigenvalue weighted by Gasteiger charge is 2.37. The summed E-state index contributed by atoms with van der Waals surface area (Å²) in [7, 11) is 2.14. The normalized spacial score (nSPS) is 25.0. The van der Waals surface area contributed by atoms with Gasteiger partial charge in [0.25, 0.3) is 5.91 Å². The van der Waals surface area contributed by atoms with Crippen molar-refractivity contribution in [2.75, 3.05) is 31.6 Å². The van der Waals surface area contributed by atoms with E-state index >= 15 is 0 Å². The van der Waals surface area contributed by atoms with Crippen molar-refractivity contribution in [2.45, 2.75) is 32.2 Å². The van der Waals surface area contributed by atoms with Crippen LogP contribution in [0.5, 0.6) is 5.75 Å². The van der Waals surface area contributed by atoms with Crippen molar-refractivity contribution in [3.8, 4) is 16.9 Å². The van der Waals surface area contributed by atoms with Crippen LogP contribution >= 0.6 is 12.4 Å². The zero-order chi connectivity index (χ0) is 21.7. The third kappa shape index (κ3) is 3.73. The first-order chi connectivity index (χ1) is 14.9. The molecule has 3 aliphatic heterocycles. The predicted octanol–water partition coefficient (Wildman–Crippen LogP) is 4.00. The first kappa shape index (κ1) is 22.6. The Kier molecular flexibility index (Phi) is 6.14. The zero-order valence-corrected chi connectivity index (χ0v) is 19.3. The van der Waals surface area contributed by atoms with E-state index in [1.165, 1.54) is 6.07 Å². The number of carbonyl (C=O) groups is 1. The molecule has 1 N–H and O–H groups in total. The van der Waals surface area contributed by atoms with E-state index in [0.29, 0.717) is 23.1 Å². The molecule has 32 heavy (non-hydrogen) atoms. The molecular formula is C24H28ClFN4O2. The van der Waals surface area contributed by atoms with Gasteiger partial charge in [-0.1, -0.05) is 25.1 Å². The summed E-state index contributed by atoms with van der Waals surface area (Å²) in [5.74, 6) is 1.65. The number of rotatable bonds is 2. The Morgan fingerprint density at radius 3 is 2.72 bits per heavy atom. The Balaban J connectivity index is 0.00000245. The maximum atomic E-state index is 14.9. The Hall–Kier alpha value is -2.64. The van der Waals surface area contributed by atoms with Crippen LogP contribution in [-0.4, -0.2) is 49.4 Å². The lowest BCUT2D eigenvalue weighted by Crippen LogP contribution is -2.55. The average molecular weight is 459 g/mol. The highest BCUT2D eigenvalue weighted by Crippen LogP contribution is 2.46. The number of likely N-dealkylation sites (tertiary alicyclic amines) is 1. The standard InChI is InChI=1S/C24H27FN4O2.ClH/c1-14-12-28(3)9-8-16(14)18-10-21-22(11-19(18)17-6-4-5-7-20(17)25)31-13-23-26-27-24(30)15(2)29(21)23;/h4-7,10-11,14-16H,8-9,12-13H2,1-3H3,(H,27,30);1H/t14-,15-,16+;/m1./s1. The molecule has 0 aromatic heterocycles. The van der Waals surface area contributed by atoms with Gasteiger partial charge in [0, 0.05) is 12.1 Å². The van der Waals surface area contributed by atoms with Gasteiger partial charge in [0.15, 0.2) is 5.84 Å². The van der Waals surface area contributed by atoms with Crippen molar-refractivity contribution < 1.29 is 13.9 Å². The molecule has 170 valence electrons. The van der Waals surface area contributed by atoms with Crippen LogP contribution in [0.1, 0.15) is 31.7 Å². The number of halogens is 2. The van der Waals surface area contributed by atoms with Crippen molar-refractivity contribution >= 4 is 29.8 Å². The van der Waals surface area contributed by atoms with Gasteiger partial charge in [-0.3, -0.25) is 4.79 Å². The molecule has 3 atom stereocenters. The topological polar surface area (TPSA) is 57.2 Å². The van der Waals surface area contributed by atoms with Crippen LogP contribution in [0, 0.1) is 11.7 Å². The highest BCUT2D eigenvalue weighted by atomic mass is 35.5. The molecule has 8 heteroatoms. The molecule has 0 bridgehead atoms. The lowest BCUT2D eigenvalue weighted by molar-refractivity contribution is -0.122. The van der Waals surface area contributed by atoms with Crippen LogP contribution in [0.2, 0.25) is 0 Å². The second-order valence-electron chi connectivity index (χ2n) is 8.86. The summed E-state index contributed by atoms with van der Waals surface area (Å²) < 4.78 is 20.9. The molecule has 1 saturated heterocycles. The van der Waals surface area contributed by atoms with Gasteiger partial charge in [0.1, 0.15) is 24.2 Å². The smallest absolute Gasteiger partial charge is 0.262 e. The second kappa shape index (κ2) is 8.71. The fourth-order valence-electron chi connectivity index (χ4n) is 5.12. The van der Waals surface area contributed by atoms with Gasteiger partial charge >= 0.3 is 0 Å². The number of ether oxygens (including phenoxy) is 1. The fourth-order valence-corrected chi connectivity index (χ4v) is 5.12. The van der Waals surface area contributed by atoms with Crippen LogP contribution in [0.4, 0.5) is 10.1 Å². The van der Waals surface area contributed by atoms with E-state index in [4.69, 9.17) is 4.74 Å². The minimum absolute atomic E-state index is 0. The number of amidine groups is 1. The van der Waals surface area contributed by atoms with E-state index in [-0.39, 0.29) is 36.7 Å². The summed E-state index contributed by atoms with van der Waals surface area (Å²) >= 11 is 0. The predicted molar refractivity (Wildman–Crippen MR) is 126 cm³/mol. The van der Waals surface area contributed by atoms with Gasteiger partial charge in [0.05, 0.1) is 5.69 Å². The molecule has 2 aromatic carbocycles. The Labute approximate surface area is 193 Å². The average Bonchev–Trinajstić information content (AvgIpc) is 2.75. The third-order valence-electron chi connectivity index (χ3n) is 6.76. The molecular weight excluding hydrogens is 431 g/mol. The molecule has 0 saturated carbocycles. The number of carbonyl (C=O) groups excluding carboxylic acids is 1. The van der Waals surface area contributed by atoms with Crippen LogP contribution in [0.25, 0.3) is 11.1 Å². The molecule has 0 unspecified atom stereocenters. The number of amides is 1. The van der Waals surface area contributed by atoms with E-state index in [1.807, 2.05) is 30.0 Å². The van der Waals surface area contributed by atoms with Crippen molar-refractivity contribution in [1.82, 2.24) is 10.3 Å². The Morgan fingerprint density at radius 2 is 1.97 bits per heavy atom. The largest absolute Gasteiger partial charge is 0.483 e. The van der Waals surface area contributed by atoms with Gasteiger partial charge in [-0.15, -0.1) is 12.4 Å². The summed E-state index contributed by atoms with van der Waals surface area (Å²) in [4.78, 5) is 16.6. The zero-order valence-electron chi connectivity index (χ0n) is 18.5. The summed E-state index contributed by atoms with van der Waals surface area (Å²) in [6, 6.07) is 10.6. The van der Waals surface area contributed by atoms with E-state index in [1.54, 1.807) is 6.07 Å². The summed E-state index contributed by atoms with van der Waals surface area (Å²) in [5.41, 5.74) is 5.95. The Morgan fingerprint density at radius 1 is 1.19 bits per heavy atom. The molecule has 1 amide bonds. The van der Waals surface area contributed by atoms with Crippen molar-refractivity contribution in [1.29, 1.82) is 0 Å². The molecule has 1 fully saturated rings. The molecule has 6 nitrogen and oxygen atoms in total. The van der Waals surface area contributed by atoms with Crippen molar-refractivity contribution in [3.05, 3.63) is 47.8 Å². The number of nitrogens with zero attached hydrogens (tertiary/aromatic N) is 3. The van der Waals surface area contributed by atoms with E-state index < -0.39 is 6.04 Å². The van der Waals surface area contributed by atoms with Gasteiger partial charge in [-0.05, 0) is 68.1 Å². The number of hydrogen-bond acceptors (Lipinski definition) is 5. The van der Waals surface area contributed by atoms with Gasteiger partial charge in [0.2, 0.25) is 0 Å². The van der Waals surface area contributed by atoms with Gasteiger partial charge in [-0.2, -0.15) is 5.10 Å². The number of hydrogen-bond donors (Lipinski definition) is 1. The van der Waals surface area contributed by atoms with Gasteiger partial charge < -0.3 is 14.5 Å². The SMILES string of the molecule is C[C@@H]1CN(C)CC[C@@H]1c1cc2c(cc1-c1ccccc1F)OCC1=NNC(=O)[C@@H](C)N12.Cl. The molecule has 3 heterocycles. The fraction of sp³-hybridized carbons (Fsp3) is 0.417. The summed E-state index contributed by atoms with van der Waals surface area (Å²) in [5, 5.41) is 4.19. The lowest BCUT2D eigenvalue weighted by atomic mass is 9.78. The minimum Gasteiger partial charge on any atom is -0.483 e. The number of piperidine rings is 1. The van der Waals surface area contributed by atoms with Crippen LogP contribution in [0.3, 0.4) is 0 Å². The molecule has 0 radical (unpaired) electrons. The number of benzene rings is 2. The molecule has 3 aliphatic rings. The second-order valence-corrected chi connectivity index (χ2v) is 8.86. The molecule has 2 aromatic rings. The Bertz CT molecular complexity index is 1080. The summed E-state index contributed by atoms with van der Waals surface area (Å²) in [6.45, 7) is 6.37. The van der Waals surface area contributed by atoms with E-state index in [0.717, 1.165) is 36.3 Å². The quantitative estimate of drug-likeness (QED) is 0.739. The monoisotopic (exact) mass is 458 g/mol. The molecule has 5 rings (SSSR count). The highest BCUT2D eigenvalue weighted by molar-refractivity contribution is 6.09. The first-order valence-corrected chi connectivity index (χ1v) is 10.8. The first-order valence-electron chi connectivity index (χ1n) is 10.8. The van der Waals surface area contributed by atoms with E-state index in [2.05, 4.69) is 35.5 Å². The maximum absolute atomic E-state index is 14.9. The number of nitrogens with one attached hydrogen (secondary N) is 1. The number of anilines is 1. The van der Waals surface area contributed by atoms with Crippen molar-refractivity contribution in [3.63, 3.8) is 0 Å². The summed E-state index contributed by atoms with van der Waals surface area (Å²) in [6.07, 6.45) is 0.996. The molecule has 0 aliphatic carbocycles. The minimum atomic E-state index is -0.391. The van der Waals surface area contributed by atoms with E-state index in [9.17, 15) is 9.18 Å². The lowest BCUT2D eigenvalue weighted by Gasteiger charge is -2.40. The van der Waals surface area contributed by atoms with Crippen molar-refractivity contribution in [2.24, 2.45) is 11.0 Å². The third-order valence-corrected chi connectivity index (χ3v) is 6.76. The van der Waals surface area contributed by atoms with Crippen LogP contribution < -0.4 is 15.1 Å².